The van der Waals surface area contributed by atoms with Crippen LogP contribution >= 0.6 is 0 Å². The van der Waals surface area contributed by atoms with Crippen molar-refractivity contribution in [3.8, 4) is 0 Å². The molecule has 7 aliphatic rings. The summed E-state index contributed by atoms with van der Waals surface area (Å²) in [6.45, 7) is 11.7. The van der Waals surface area contributed by atoms with E-state index in [-0.39, 0.29) is 6.03 Å². The Morgan fingerprint density at radius 3 is 2.65 bits per heavy atom. The molecular weight excluding hydrogens is 392 g/mol. The van der Waals surface area contributed by atoms with Gasteiger partial charge < -0.3 is 19.4 Å². The summed E-state index contributed by atoms with van der Waals surface area (Å²) in [5.74, 6) is 2.52. The van der Waals surface area contributed by atoms with Crippen molar-refractivity contribution in [1.82, 2.24) is 24.9 Å². The van der Waals surface area contributed by atoms with E-state index in [1.807, 2.05) is 0 Å². The Bertz CT molecular complexity index is 769. The number of ether oxygens (including phenoxy) is 1. The molecule has 0 spiro atoms. The number of nitrogens with zero attached hydrogens (tertiary/aromatic N) is 5. The number of fused-ring (bicyclic) bond motifs is 4. The molecule has 7 heterocycles. The molecule has 0 aromatic rings. The average molecular weight is 429 g/mol. The van der Waals surface area contributed by atoms with Crippen LogP contribution in [0.5, 0.6) is 0 Å². The van der Waals surface area contributed by atoms with Gasteiger partial charge in [-0.3, -0.25) is 10.2 Å². The highest BCUT2D eigenvalue weighted by Crippen LogP contribution is 2.42. The summed E-state index contributed by atoms with van der Waals surface area (Å²) < 4.78 is 5.50. The quantitative estimate of drug-likeness (QED) is 0.739. The summed E-state index contributed by atoms with van der Waals surface area (Å²) in [5, 5.41) is 3.15. The molecule has 2 bridgehead atoms. The summed E-state index contributed by atoms with van der Waals surface area (Å²) in [7, 11) is 0. The molecule has 0 aliphatic carbocycles. The van der Waals surface area contributed by atoms with Crippen molar-refractivity contribution in [1.29, 1.82) is 0 Å². The maximum absolute atomic E-state index is 12.9. The Morgan fingerprint density at radius 2 is 1.90 bits per heavy atom. The van der Waals surface area contributed by atoms with Crippen LogP contribution in [0.2, 0.25) is 0 Å². The van der Waals surface area contributed by atoms with E-state index in [9.17, 15) is 4.79 Å². The molecule has 0 saturated carbocycles. The highest BCUT2D eigenvalue weighted by molar-refractivity contribution is 6.02. The van der Waals surface area contributed by atoms with Gasteiger partial charge in [0, 0.05) is 51.0 Å². The molecule has 1 N–H and O–H groups in total. The number of hydrogen-bond donors (Lipinski definition) is 1. The molecule has 0 aromatic heterocycles. The number of carbonyl (C=O) groups is 1. The van der Waals surface area contributed by atoms with Gasteiger partial charge in [-0.25, -0.2) is 9.79 Å². The lowest BCUT2D eigenvalue weighted by atomic mass is 9.72. The minimum absolute atomic E-state index is 0.0188. The van der Waals surface area contributed by atoms with Crippen molar-refractivity contribution in [2.24, 2.45) is 22.2 Å². The molecule has 7 rings (SSSR count). The fourth-order valence-electron chi connectivity index (χ4n) is 6.65. The van der Waals surface area contributed by atoms with Crippen molar-refractivity contribution in [3.63, 3.8) is 0 Å². The van der Waals surface area contributed by atoms with Gasteiger partial charge in [-0.1, -0.05) is 6.92 Å². The average Bonchev–Trinajstić information content (AvgIpc) is 3.39. The Kier molecular flexibility index (Phi) is 5.00. The number of carbonyl (C=O) groups excluding carboxylic acids is 1. The van der Waals surface area contributed by atoms with Gasteiger partial charge in [0.2, 0.25) is 0 Å². The molecule has 5 saturated heterocycles. The number of hydrogen-bond acceptors (Lipinski definition) is 6. The van der Waals surface area contributed by atoms with E-state index in [1.165, 1.54) is 45.4 Å². The van der Waals surface area contributed by atoms with Crippen molar-refractivity contribution in [3.05, 3.63) is 12.0 Å². The number of amides is 2. The van der Waals surface area contributed by atoms with Crippen LogP contribution in [0.15, 0.2) is 17.0 Å². The number of nitrogens with one attached hydrogen (secondary N) is 1. The lowest BCUT2D eigenvalue weighted by Gasteiger charge is -2.50. The summed E-state index contributed by atoms with van der Waals surface area (Å²) in [4.78, 5) is 27.2. The SMILES string of the molecule is CC1CN(CC23CCN(CC2)CC3)CC1C1=NC2=CN(C3CCOCC3)CN2C(=O)N1. The molecule has 0 aromatic carbocycles. The van der Waals surface area contributed by atoms with E-state index < -0.39 is 0 Å². The van der Waals surface area contributed by atoms with Crippen LogP contribution in [-0.4, -0.2) is 96.7 Å². The first-order chi connectivity index (χ1) is 15.1. The maximum atomic E-state index is 12.9. The summed E-state index contributed by atoms with van der Waals surface area (Å²) in [6, 6.07) is 0.426. The molecule has 170 valence electrons. The summed E-state index contributed by atoms with van der Waals surface area (Å²) in [6.07, 6.45) is 8.19. The number of piperidine rings is 3. The van der Waals surface area contributed by atoms with E-state index in [4.69, 9.17) is 9.73 Å². The number of amidine groups is 1. The van der Waals surface area contributed by atoms with E-state index >= 15 is 0 Å². The maximum Gasteiger partial charge on any atom is 0.329 e. The van der Waals surface area contributed by atoms with Gasteiger partial charge in [0.05, 0.1) is 0 Å². The minimum Gasteiger partial charge on any atom is -0.381 e. The van der Waals surface area contributed by atoms with Crippen molar-refractivity contribution < 1.29 is 9.53 Å². The minimum atomic E-state index is -0.0188. The third-order valence-corrected chi connectivity index (χ3v) is 8.71. The van der Waals surface area contributed by atoms with Gasteiger partial charge in [-0.2, -0.15) is 0 Å². The topological polar surface area (TPSA) is 63.6 Å². The van der Waals surface area contributed by atoms with Gasteiger partial charge in [-0.05, 0) is 63.1 Å². The molecule has 2 unspecified atom stereocenters. The van der Waals surface area contributed by atoms with Crippen LogP contribution in [-0.2, 0) is 4.74 Å². The second kappa shape index (κ2) is 7.74. The van der Waals surface area contributed by atoms with Gasteiger partial charge in [0.25, 0.3) is 0 Å². The monoisotopic (exact) mass is 428 g/mol. The van der Waals surface area contributed by atoms with Crippen molar-refractivity contribution >= 4 is 11.9 Å². The third-order valence-electron chi connectivity index (χ3n) is 8.71. The predicted octanol–water partition coefficient (Wildman–Crippen LogP) is 1.71. The van der Waals surface area contributed by atoms with Gasteiger partial charge in [0.15, 0.2) is 5.82 Å². The number of urea groups is 1. The van der Waals surface area contributed by atoms with Crippen LogP contribution in [0.1, 0.15) is 39.0 Å². The zero-order valence-corrected chi connectivity index (χ0v) is 18.8. The Labute approximate surface area is 185 Å². The van der Waals surface area contributed by atoms with E-state index in [2.05, 4.69) is 33.1 Å². The van der Waals surface area contributed by atoms with Crippen LogP contribution in [0.25, 0.3) is 0 Å². The van der Waals surface area contributed by atoms with Crippen LogP contribution < -0.4 is 5.32 Å². The first kappa shape index (κ1) is 20.0. The molecule has 2 amide bonds. The number of aliphatic imine (C=N–C) groups is 1. The molecule has 5 fully saturated rings. The smallest absolute Gasteiger partial charge is 0.329 e. The first-order valence-electron chi connectivity index (χ1n) is 12.3. The van der Waals surface area contributed by atoms with Crippen molar-refractivity contribution in [2.75, 3.05) is 59.2 Å². The molecule has 8 nitrogen and oxygen atoms in total. The zero-order valence-electron chi connectivity index (χ0n) is 18.8. The van der Waals surface area contributed by atoms with Gasteiger partial charge >= 0.3 is 6.03 Å². The molecule has 0 radical (unpaired) electrons. The third kappa shape index (κ3) is 3.66. The van der Waals surface area contributed by atoms with Gasteiger partial charge in [0.1, 0.15) is 12.5 Å². The number of rotatable bonds is 4. The first-order valence-corrected chi connectivity index (χ1v) is 12.3. The molecule has 7 aliphatic heterocycles. The number of likely N-dealkylation sites (tertiary alicyclic amines) is 1. The van der Waals surface area contributed by atoms with E-state index in [1.54, 1.807) is 4.90 Å². The molecule has 8 heteroatoms. The Balaban J connectivity index is 1.15. The lowest BCUT2D eigenvalue weighted by molar-refractivity contribution is 0.00275. The fourth-order valence-corrected chi connectivity index (χ4v) is 6.65. The standard InChI is InChI=1S/C23H36N6O2/c1-17-12-27(15-23-4-7-26(8-5-23)9-6-23)13-19(17)21-24-20-14-28(16-29(20)22(30)25-21)18-2-10-31-11-3-18/h14,17-19H,2-13,15-16H2,1H3,(H,24,25,30). The summed E-state index contributed by atoms with van der Waals surface area (Å²) >= 11 is 0. The highest BCUT2D eigenvalue weighted by Gasteiger charge is 2.44. The lowest BCUT2D eigenvalue weighted by Crippen LogP contribution is -2.53. The molecule has 2 atom stereocenters. The molecule has 31 heavy (non-hydrogen) atoms. The highest BCUT2D eigenvalue weighted by atomic mass is 16.5. The molecular formula is C23H36N6O2. The van der Waals surface area contributed by atoms with Crippen molar-refractivity contribution in [2.45, 2.75) is 45.1 Å². The van der Waals surface area contributed by atoms with Crippen LogP contribution in [0, 0.1) is 17.3 Å². The largest absolute Gasteiger partial charge is 0.381 e. The van der Waals surface area contributed by atoms with E-state index in [0.717, 1.165) is 50.8 Å². The zero-order chi connectivity index (χ0) is 21.0. The second-order valence-electron chi connectivity index (χ2n) is 10.7. The van der Waals surface area contributed by atoms with Gasteiger partial charge in [-0.15, -0.1) is 0 Å². The Morgan fingerprint density at radius 1 is 1.16 bits per heavy atom. The van der Waals surface area contributed by atoms with Crippen LogP contribution in [0.3, 0.4) is 0 Å². The predicted molar refractivity (Wildman–Crippen MR) is 118 cm³/mol. The van der Waals surface area contributed by atoms with E-state index in [0.29, 0.717) is 30.0 Å². The normalized spacial score (nSPS) is 38.9. The second-order valence-corrected chi connectivity index (χ2v) is 10.7. The Hall–Kier alpha value is -1.64. The summed E-state index contributed by atoms with van der Waals surface area (Å²) in [5.41, 5.74) is 0.524. The fraction of sp³-hybridized carbons (Fsp3) is 0.826. The van der Waals surface area contributed by atoms with Crippen LogP contribution in [0.4, 0.5) is 4.79 Å².